The fraction of sp³-hybridized carbons (Fsp3) is 0.769. The van der Waals surface area contributed by atoms with Crippen LogP contribution in [0.25, 0.3) is 0 Å². The predicted octanol–water partition coefficient (Wildman–Crippen LogP) is 2.83. The number of hydrogen-bond donors (Lipinski definition) is 1. The van der Waals surface area contributed by atoms with Crippen LogP contribution < -0.4 is 0 Å². The van der Waals surface area contributed by atoms with Gasteiger partial charge in [0.2, 0.25) is 0 Å². The summed E-state index contributed by atoms with van der Waals surface area (Å²) in [5.74, 6) is 0. The Labute approximate surface area is 97.5 Å². The van der Waals surface area contributed by atoms with Crippen molar-refractivity contribution >= 4 is 0 Å². The molecule has 1 saturated carbocycles. The highest BCUT2D eigenvalue weighted by Gasteiger charge is 2.28. The third kappa shape index (κ3) is 2.29. The maximum absolute atomic E-state index is 9.16. The summed E-state index contributed by atoms with van der Waals surface area (Å²) in [5.41, 5.74) is 2.43. The van der Waals surface area contributed by atoms with Crippen LogP contribution in [0.1, 0.15) is 56.8 Å². The van der Waals surface area contributed by atoms with E-state index in [4.69, 9.17) is 5.11 Å². The molecule has 1 heterocycles. The van der Waals surface area contributed by atoms with E-state index < -0.39 is 0 Å². The van der Waals surface area contributed by atoms with Gasteiger partial charge in [0, 0.05) is 11.8 Å². The van der Waals surface area contributed by atoms with Gasteiger partial charge >= 0.3 is 0 Å². The highest BCUT2D eigenvalue weighted by Crippen LogP contribution is 2.39. The van der Waals surface area contributed by atoms with Crippen LogP contribution in [0.2, 0.25) is 0 Å². The summed E-state index contributed by atoms with van der Waals surface area (Å²) in [6.45, 7) is 6.76. The summed E-state index contributed by atoms with van der Waals surface area (Å²) >= 11 is 0. The molecule has 0 aromatic carbocycles. The molecule has 0 spiro atoms. The largest absolute Gasteiger partial charge is 0.392 e. The van der Waals surface area contributed by atoms with E-state index in [1.807, 2.05) is 13.1 Å². The lowest BCUT2D eigenvalue weighted by Crippen LogP contribution is -2.23. The Balaban J connectivity index is 2.08. The number of nitrogens with zero attached hydrogens (tertiary/aromatic N) is 2. The maximum atomic E-state index is 9.16. The Kier molecular flexibility index (Phi) is 3.06. The van der Waals surface area contributed by atoms with Crippen LogP contribution in [0, 0.1) is 12.3 Å². The third-order valence-electron chi connectivity index (χ3n) is 3.87. The molecular formula is C13H22N2O. The van der Waals surface area contributed by atoms with Crippen molar-refractivity contribution in [3.8, 4) is 0 Å². The van der Waals surface area contributed by atoms with Crippen LogP contribution in [-0.4, -0.2) is 14.9 Å². The molecule has 0 amide bonds. The van der Waals surface area contributed by atoms with Gasteiger partial charge in [0.05, 0.1) is 18.3 Å². The van der Waals surface area contributed by atoms with Crippen molar-refractivity contribution in [2.24, 2.45) is 5.41 Å². The highest BCUT2D eigenvalue weighted by molar-refractivity contribution is 5.14. The second kappa shape index (κ2) is 4.21. The molecule has 3 nitrogen and oxygen atoms in total. The zero-order chi connectivity index (χ0) is 11.8. The van der Waals surface area contributed by atoms with Gasteiger partial charge in [-0.3, -0.25) is 4.68 Å². The zero-order valence-electron chi connectivity index (χ0n) is 10.5. The van der Waals surface area contributed by atoms with E-state index in [0.717, 1.165) is 11.3 Å². The monoisotopic (exact) mass is 222 g/mol. The van der Waals surface area contributed by atoms with Crippen LogP contribution in [0.5, 0.6) is 0 Å². The van der Waals surface area contributed by atoms with E-state index in [9.17, 15) is 0 Å². The molecule has 1 aliphatic rings. The minimum atomic E-state index is 0.101. The van der Waals surface area contributed by atoms with Crippen LogP contribution in [0.4, 0.5) is 0 Å². The summed E-state index contributed by atoms with van der Waals surface area (Å²) < 4.78 is 2.07. The molecule has 90 valence electrons. The number of aromatic nitrogens is 2. The molecule has 0 unspecified atom stereocenters. The minimum Gasteiger partial charge on any atom is -0.392 e. The lowest BCUT2D eigenvalue weighted by atomic mass is 9.76. The molecular weight excluding hydrogens is 200 g/mol. The zero-order valence-corrected chi connectivity index (χ0v) is 10.5. The number of aryl methyl sites for hydroxylation is 1. The molecule has 0 bridgehead atoms. The fourth-order valence-corrected chi connectivity index (χ4v) is 2.51. The molecule has 0 atom stereocenters. The molecule has 1 aliphatic carbocycles. The minimum absolute atomic E-state index is 0.101. The average molecular weight is 222 g/mol. The maximum Gasteiger partial charge on any atom is 0.0715 e. The Hall–Kier alpha value is -0.830. The van der Waals surface area contributed by atoms with Gasteiger partial charge in [-0.15, -0.1) is 0 Å². The van der Waals surface area contributed by atoms with Crippen molar-refractivity contribution in [1.29, 1.82) is 0 Å². The molecule has 1 fully saturated rings. The predicted molar refractivity (Wildman–Crippen MR) is 64.2 cm³/mol. The van der Waals surface area contributed by atoms with E-state index >= 15 is 0 Å². The van der Waals surface area contributed by atoms with Gasteiger partial charge in [-0.1, -0.05) is 13.8 Å². The van der Waals surface area contributed by atoms with Gasteiger partial charge < -0.3 is 5.11 Å². The first-order valence-electron chi connectivity index (χ1n) is 6.17. The molecule has 2 rings (SSSR count). The van der Waals surface area contributed by atoms with E-state index in [2.05, 4.69) is 23.6 Å². The summed E-state index contributed by atoms with van der Waals surface area (Å²) in [7, 11) is 0. The summed E-state index contributed by atoms with van der Waals surface area (Å²) in [6.07, 6.45) is 6.96. The lowest BCUT2D eigenvalue weighted by Gasteiger charge is -2.34. The summed E-state index contributed by atoms with van der Waals surface area (Å²) in [6, 6.07) is 0.534. The smallest absolute Gasteiger partial charge is 0.0715 e. The van der Waals surface area contributed by atoms with Gasteiger partial charge in [-0.2, -0.15) is 5.10 Å². The molecule has 1 N–H and O–H groups in total. The average Bonchev–Trinajstić information content (AvgIpc) is 2.59. The highest BCUT2D eigenvalue weighted by atomic mass is 16.3. The van der Waals surface area contributed by atoms with Crippen molar-refractivity contribution in [1.82, 2.24) is 9.78 Å². The fourth-order valence-electron chi connectivity index (χ4n) is 2.51. The number of rotatable bonds is 2. The van der Waals surface area contributed by atoms with Gasteiger partial charge in [0.25, 0.3) is 0 Å². The van der Waals surface area contributed by atoms with Crippen LogP contribution in [0.3, 0.4) is 0 Å². The molecule has 3 heteroatoms. The van der Waals surface area contributed by atoms with Gasteiger partial charge in [0.15, 0.2) is 0 Å². The van der Waals surface area contributed by atoms with E-state index in [-0.39, 0.29) is 6.61 Å². The van der Waals surface area contributed by atoms with Crippen molar-refractivity contribution in [3.63, 3.8) is 0 Å². The van der Waals surface area contributed by atoms with Gasteiger partial charge in [-0.05, 0) is 38.0 Å². The molecule has 16 heavy (non-hydrogen) atoms. The first-order valence-corrected chi connectivity index (χ1v) is 6.17. The van der Waals surface area contributed by atoms with Crippen LogP contribution >= 0.6 is 0 Å². The topological polar surface area (TPSA) is 38.0 Å². The van der Waals surface area contributed by atoms with Crippen LogP contribution in [0.15, 0.2) is 6.20 Å². The second-order valence-corrected chi connectivity index (χ2v) is 5.77. The Bertz CT molecular complexity index is 358. The van der Waals surface area contributed by atoms with Gasteiger partial charge in [-0.25, -0.2) is 0 Å². The molecule has 1 aromatic heterocycles. The number of hydrogen-bond acceptors (Lipinski definition) is 2. The molecule has 0 aliphatic heterocycles. The standard InChI is InChI=1S/C13H22N2O/c1-10-11(9-16)8-15(14-10)12-4-6-13(2,3)7-5-12/h8,12,16H,4-7,9H2,1-3H3. The first kappa shape index (κ1) is 11.6. The first-order chi connectivity index (χ1) is 7.52. The molecule has 0 radical (unpaired) electrons. The summed E-state index contributed by atoms with van der Waals surface area (Å²) in [5, 5.41) is 13.7. The van der Waals surface area contributed by atoms with E-state index in [1.54, 1.807) is 0 Å². The number of aliphatic hydroxyl groups is 1. The van der Waals surface area contributed by atoms with Gasteiger partial charge in [0.1, 0.15) is 0 Å². The van der Waals surface area contributed by atoms with Crippen LogP contribution in [-0.2, 0) is 6.61 Å². The van der Waals surface area contributed by atoms with Crippen molar-refractivity contribution in [2.75, 3.05) is 0 Å². The Morgan fingerprint density at radius 3 is 2.56 bits per heavy atom. The molecule has 0 saturated heterocycles. The van der Waals surface area contributed by atoms with Crippen molar-refractivity contribution in [2.45, 2.75) is 59.1 Å². The third-order valence-corrected chi connectivity index (χ3v) is 3.87. The Morgan fingerprint density at radius 2 is 2.06 bits per heavy atom. The SMILES string of the molecule is Cc1nn(C2CCC(C)(C)CC2)cc1CO. The van der Waals surface area contributed by atoms with E-state index in [0.29, 0.717) is 11.5 Å². The normalized spacial score (nSPS) is 21.2. The lowest BCUT2D eigenvalue weighted by molar-refractivity contribution is 0.185. The van der Waals surface area contributed by atoms with Crippen molar-refractivity contribution in [3.05, 3.63) is 17.5 Å². The molecule has 1 aromatic rings. The van der Waals surface area contributed by atoms with Crippen molar-refractivity contribution < 1.29 is 5.11 Å². The van der Waals surface area contributed by atoms with E-state index in [1.165, 1.54) is 25.7 Å². The number of aliphatic hydroxyl groups excluding tert-OH is 1. The second-order valence-electron chi connectivity index (χ2n) is 5.77. The quantitative estimate of drug-likeness (QED) is 0.835. The Morgan fingerprint density at radius 1 is 1.44 bits per heavy atom. The summed E-state index contributed by atoms with van der Waals surface area (Å²) in [4.78, 5) is 0.